The van der Waals surface area contributed by atoms with Gasteiger partial charge in [-0.05, 0) is 68.3 Å². The molecule has 0 saturated carbocycles. The zero-order valence-electron chi connectivity index (χ0n) is 29.6. The molecule has 4 aromatic rings. The first kappa shape index (κ1) is 34.8. The van der Waals surface area contributed by atoms with E-state index in [1.807, 2.05) is 18.2 Å². The molecule has 0 amide bonds. The minimum atomic E-state index is -3.84. The molecule has 12 nitrogen and oxygen atoms in total. The van der Waals surface area contributed by atoms with E-state index in [0.717, 1.165) is 32.2 Å². The Morgan fingerprint density at radius 3 is 2.89 bits per heavy atom. The van der Waals surface area contributed by atoms with Crippen LogP contribution in [0.3, 0.4) is 0 Å². The summed E-state index contributed by atoms with van der Waals surface area (Å²) in [6.07, 6.45) is 9.22. The average Bonchev–Trinajstić information content (AvgIpc) is 3.80. The molecule has 0 aliphatic carbocycles. The lowest BCUT2D eigenvalue weighted by Gasteiger charge is -2.40. The molecule has 5 aliphatic heterocycles. The molecule has 2 aromatic carbocycles. The Labute approximate surface area is 306 Å². The Kier molecular flexibility index (Phi) is 8.80. The van der Waals surface area contributed by atoms with Crippen LogP contribution in [0.1, 0.15) is 50.2 Å². The number of alkyl halides is 1. The molecule has 278 valence electrons. The molecule has 9 rings (SSSR count). The van der Waals surface area contributed by atoms with Crippen LogP contribution in [0.2, 0.25) is 0 Å². The van der Waals surface area contributed by atoms with Crippen molar-refractivity contribution >= 4 is 35.3 Å². The summed E-state index contributed by atoms with van der Waals surface area (Å²) in [4.78, 5) is 18.9. The number of piperazine rings is 1. The zero-order chi connectivity index (χ0) is 36.5. The third-order valence-corrected chi connectivity index (χ3v) is 13.0. The first-order valence-electron chi connectivity index (χ1n) is 18.3. The first-order valence-corrected chi connectivity index (χ1v) is 19.7. The van der Waals surface area contributed by atoms with E-state index in [-0.39, 0.29) is 61.0 Å². The molecule has 2 aromatic heterocycles. The van der Waals surface area contributed by atoms with Gasteiger partial charge in [-0.25, -0.2) is 18.3 Å². The maximum atomic E-state index is 17.5. The topological polar surface area (TPSA) is 120 Å². The van der Waals surface area contributed by atoms with Crippen molar-refractivity contribution in [2.75, 3.05) is 51.5 Å². The van der Waals surface area contributed by atoms with E-state index in [9.17, 15) is 8.96 Å². The number of anilines is 1. The fourth-order valence-corrected chi connectivity index (χ4v) is 10.1. The molecule has 0 radical (unpaired) electrons. The summed E-state index contributed by atoms with van der Waals surface area (Å²) in [5, 5.41) is 5.36. The molecule has 53 heavy (non-hydrogen) atoms. The Morgan fingerprint density at radius 1 is 1.17 bits per heavy atom. The second kappa shape index (κ2) is 13.4. The van der Waals surface area contributed by atoms with Crippen molar-refractivity contribution in [1.29, 1.82) is 0 Å². The number of hydrogen-bond donors (Lipinski definition) is 1. The number of hydrogen-bond acceptors (Lipinski definition) is 12. The molecule has 4 saturated heterocycles. The van der Waals surface area contributed by atoms with Crippen molar-refractivity contribution in [1.82, 2.24) is 25.2 Å². The number of halogens is 2. The lowest BCUT2D eigenvalue weighted by atomic mass is 9.94. The highest BCUT2D eigenvalue weighted by Gasteiger charge is 2.50. The molecule has 4 fully saturated rings. The van der Waals surface area contributed by atoms with Crippen molar-refractivity contribution < 1.29 is 36.4 Å². The summed E-state index contributed by atoms with van der Waals surface area (Å²) >= 11 is 0. The minimum absolute atomic E-state index is 0.000296. The number of benzene rings is 2. The molecule has 15 heteroatoms. The fraction of sp³-hybridized carbons (Fsp3) is 0.500. The number of aromatic nitrogens is 3. The Morgan fingerprint density at radius 2 is 2.06 bits per heavy atom. The van der Waals surface area contributed by atoms with E-state index in [1.54, 1.807) is 19.1 Å². The van der Waals surface area contributed by atoms with Gasteiger partial charge in [0.2, 0.25) is 5.88 Å². The van der Waals surface area contributed by atoms with Gasteiger partial charge in [0, 0.05) is 55.2 Å². The van der Waals surface area contributed by atoms with Gasteiger partial charge in [-0.3, -0.25) is 18.5 Å². The molecule has 7 heterocycles. The van der Waals surface area contributed by atoms with Gasteiger partial charge in [0.05, 0.1) is 24.8 Å². The minimum Gasteiger partial charge on any atom is -0.475 e. The number of fused-ring (bicyclic) bond motifs is 7. The lowest BCUT2D eigenvalue weighted by Crippen LogP contribution is -2.60. The molecule has 1 N–H and O–H groups in total. The number of nitrogens with one attached hydrogen (secondary N) is 1. The number of ether oxygens (including phenoxy) is 2. The number of pyridine rings is 1. The van der Waals surface area contributed by atoms with Gasteiger partial charge in [0.25, 0.3) is 0 Å². The van der Waals surface area contributed by atoms with Crippen molar-refractivity contribution in [3.05, 3.63) is 47.3 Å². The van der Waals surface area contributed by atoms with E-state index < -0.39 is 25.4 Å². The van der Waals surface area contributed by atoms with E-state index in [0.29, 0.717) is 64.8 Å². The molecular formula is C38H41F2N6O6P. The van der Waals surface area contributed by atoms with Crippen LogP contribution in [0.5, 0.6) is 11.9 Å². The Hall–Kier alpha value is -3.96. The van der Waals surface area contributed by atoms with Gasteiger partial charge in [-0.2, -0.15) is 9.97 Å². The highest BCUT2D eigenvalue weighted by atomic mass is 31.2. The number of rotatable bonds is 10. The van der Waals surface area contributed by atoms with Gasteiger partial charge in [-0.15, -0.1) is 6.42 Å². The molecular weight excluding hydrogens is 705 g/mol. The first-order chi connectivity index (χ1) is 25.7. The lowest BCUT2D eigenvalue weighted by molar-refractivity contribution is 0.107. The smallest absolute Gasteiger partial charge is 0.474 e. The number of phosphoric ester groups is 1. The van der Waals surface area contributed by atoms with Gasteiger partial charge in [-0.1, -0.05) is 18.1 Å². The van der Waals surface area contributed by atoms with Crippen LogP contribution in [-0.2, 0) is 24.7 Å². The third-order valence-electron chi connectivity index (χ3n) is 11.5. The second-order valence-corrected chi connectivity index (χ2v) is 16.4. The molecule has 1 unspecified atom stereocenters. The summed E-state index contributed by atoms with van der Waals surface area (Å²) < 4.78 is 73.9. The summed E-state index contributed by atoms with van der Waals surface area (Å²) in [6, 6.07) is 9.35. The zero-order valence-corrected chi connectivity index (χ0v) is 30.5. The van der Waals surface area contributed by atoms with Crippen LogP contribution in [0.15, 0.2) is 30.3 Å². The quantitative estimate of drug-likeness (QED) is 0.153. The number of phosphoric acid groups is 1. The van der Waals surface area contributed by atoms with Crippen molar-refractivity contribution in [2.45, 2.75) is 75.5 Å². The maximum absolute atomic E-state index is 17.5. The average molecular weight is 747 g/mol. The van der Waals surface area contributed by atoms with Crippen molar-refractivity contribution in [3.8, 4) is 35.5 Å². The highest BCUT2D eigenvalue weighted by molar-refractivity contribution is 7.48. The highest BCUT2D eigenvalue weighted by Crippen LogP contribution is 2.50. The summed E-state index contributed by atoms with van der Waals surface area (Å²) in [5.74, 6) is 2.74. The largest absolute Gasteiger partial charge is 0.475 e. The van der Waals surface area contributed by atoms with Crippen LogP contribution in [0, 0.1) is 18.2 Å². The summed E-state index contributed by atoms with van der Waals surface area (Å²) in [6.45, 7) is 4.00. The van der Waals surface area contributed by atoms with Crippen LogP contribution in [-0.4, -0.2) is 96.3 Å². The second-order valence-electron chi connectivity index (χ2n) is 14.6. The van der Waals surface area contributed by atoms with Crippen molar-refractivity contribution in [2.24, 2.45) is 0 Å². The normalized spacial score (nSPS) is 27.3. The monoisotopic (exact) mass is 746 g/mol. The number of nitrogens with zero attached hydrogens (tertiary/aromatic N) is 5. The van der Waals surface area contributed by atoms with Gasteiger partial charge < -0.3 is 19.7 Å². The van der Waals surface area contributed by atoms with E-state index in [4.69, 9.17) is 44.4 Å². The van der Waals surface area contributed by atoms with E-state index in [2.05, 4.69) is 21.0 Å². The van der Waals surface area contributed by atoms with Crippen LogP contribution >= 0.6 is 7.82 Å². The van der Waals surface area contributed by atoms with Gasteiger partial charge >= 0.3 is 13.8 Å². The van der Waals surface area contributed by atoms with Gasteiger partial charge in [0.15, 0.2) is 5.82 Å². The standard InChI is InChI=1S/C38H41F2N6O6P/c1-4-23-8-6-9-24-14-22(19-52-53(47,48-3)51-5-2)15-27(30(23)24)33-32(40)34-31-35(46-18-26-10-11-28(41-26)29(46)20-49-36(31)42-33)44-37(43-34)50-21-38-12-7-13-45(38)17-25(39)16-38/h1,6,8-9,14-15,25-26,28-29,41H,5,7,10-13,16-21H2,2-3H3/t25-,26-,28+,29-,38+,53?/m1/s1. The molecule has 5 aliphatic rings. The summed E-state index contributed by atoms with van der Waals surface area (Å²) in [7, 11) is -2.59. The Balaban J connectivity index is 1.20. The van der Waals surface area contributed by atoms with Crippen LogP contribution in [0.4, 0.5) is 14.6 Å². The Bertz CT molecular complexity index is 2200. The number of terminal acetylenes is 1. The predicted octanol–water partition coefficient (Wildman–Crippen LogP) is 5.93. The molecule has 2 bridgehead atoms. The molecule has 0 spiro atoms. The fourth-order valence-electron chi connectivity index (χ4n) is 9.14. The predicted molar refractivity (Wildman–Crippen MR) is 194 cm³/mol. The van der Waals surface area contributed by atoms with Gasteiger partial charge in [0.1, 0.15) is 41.8 Å². The van der Waals surface area contributed by atoms with Crippen LogP contribution in [0.25, 0.3) is 32.9 Å². The molecule has 6 atom stereocenters. The summed E-state index contributed by atoms with van der Waals surface area (Å²) in [5.41, 5.74) is 0.990. The maximum Gasteiger partial charge on any atom is 0.474 e. The van der Waals surface area contributed by atoms with Crippen molar-refractivity contribution in [3.63, 3.8) is 0 Å². The third kappa shape index (κ3) is 5.93. The van der Waals surface area contributed by atoms with Crippen LogP contribution < -0.4 is 19.7 Å². The SMILES string of the molecule is C#Cc1cccc2cc(COP(=O)(OC)OCC)cc(-c3nc4c5c(nc(OC[C@@]67CCCN6C[C@H](F)C7)nc5c3F)N3C[C@H]5CC[C@H](N5)[C@H]3CO4)c12. The van der Waals surface area contributed by atoms with E-state index >= 15 is 4.39 Å². The van der Waals surface area contributed by atoms with E-state index in [1.165, 1.54) is 7.11 Å².